The molecule has 0 heterocycles. The van der Waals surface area contributed by atoms with Crippen molar-refractivity contribution in [3.63, 3.8) is 0 Å². The van der Waals surface area contributed by atoms with Gasteiger partial charge in [0, 0.05) is 17.9 Å². The second-order valence-corrected chi connectivity index (χ2v) is 4.69. The number of rotatable bonds is 6. The number of hydrogen-bond donors (Lipinski definition) is 1. The summed E-state index contributed by atoms with van der Waals surface area (Å²) in [7, 11) is 3.21. The number of ether oxygens (including phenoxy) is 3. The van der Waals surface area contributed by atoms with Crippen LogP contribution in [0.25, 0.3) is 10.8 Å². The van der Waals surface area contributed by atoms with Gasteiger partial charge in [-0.3, -0.25) is 0 Å². The minimum absolute atomic E-state index is 0.199. The smallest absolute Gasteiger partial charge is 0.130 e. The first-order valence-corrected chi connectivity index (χ1v) is 6.53. The maximum absolute atomic E-state index is 9.70. The normalized spacial score (nSPS) is 12.4. The number of aryl methyl sites for hydroxylation is 1. The molecule has 0 fully saturated rings. The van der Waals surface area contributed by atoms with E-state index in [2.05, 4.69) is 0 Å². The summed E-state index contributed by atoms with van der Waals surface area (Å²) in [4.78, 5) is 0. The Morgan fingerprint density at radius 3 is 2.45 bits per heavy atom. The standard InChI is InChI=1S/C16H20O4/c1-11-8-15(19-3)13-6-4-5-7-14(13)16(11)20-10-12(17)9-18-2/h4-8,12,17H,9-10H2,1-3H3. The monoisotopic (exact) mass is 276 g/mol. The number of fused-ring (bicyclic) bond motifs is 1. The van der Waals surface area contributed by atoms with Crippen molar-refractivity contribution in [2.75, 3.05) is 27.4 Å². The first kappa shape index (κ1) is 14.6. The summed E-state index contributed by atoms with van der Waals surface area (Å²) in [6, 6.07) is 9.85. The van der Waals surface area contributed by atoms with Crippen LogP contribution in [-0.4, -0.2) is 38.6 Å². The summed E-state index contributed by atoms with van der Waals surface area (Å²) in [5, 5.41) is 11.7. The Labute approximate surface area is 118 Å². The third kappa shape index (κ3) is 3.03. The molecule has 0 saturated heterocycles. The van der Waals surface area contributed by atoms with E-state index in [1.807, 2.05) is 37.3 Å². The van der Waals surface area contributed by atoms with E-state index >= 15 is 0 Å². The van der Waals surface area contributed by atoms with Gasteiger partial charge in [0.1, 0.15) is 24.2 Å². The zero-order valence-electron chi connectivity index (χ0n) is 12.1. The molecule has 0 aromatic heterocycles. The molecule has 2 rings (SSSR count). The van der Waals surface area contributed by atoms with Crippen LogP contribution in [0.4, 0.5) is 0 Å². The summed E-state index contributed by atoms with van der Waals surface area (Å²) in [5.41, 5.74) is 0.977. The fourth-order valence-corrected chi connectivity index (χ4v) is 2.23. The zero-order valence-corrected chi connectivity index (χ0v) is 12.1. The van der Waals surface area contributed by atoms with E-state index in [1.165, 1.54) is 0 Å². The summed E-state index contributed by atoms with van der Waals surface area (Å²) < 4.78 is 16.1. The van der Waals surface area contributed by atoms with E-state index in [9.17, 15) is 5.11 Å². The van der Waals surface area contributed by atoms with Crippen molar-refractivity contribution in [2.45, 2.75) is 13.0 Å². The van der Waals surface area contributed by atoms with Crippen molar-refractivity contribution < 1.29 is 19.3 Å². The summed E-state index contributed by atoms with van der Waals surface area (Å²) >= 11 is 0. The van der Waals surface area contributed by atoms with Gasteiger partial charge in [-0.1, -0.05) is 24.3 Å². The lowest BCUT2D eigenvalue weighted by molar-refractivity contribution is 0.0328. The third-order valence-electron chi connectivity index (χ3n) is 3.14. The highest BCUT2D eigenvalue weighted by atomic mass is 16.5. The maximum Gasteiger partial charge on any atom is 0.130 e. The quantitative estimate of drug-likeness (QED) is 0.881. The SMILES string of the molecule is COCC(O)COc1c(C)cc(OC)c2ccccc12. The number of aliphatic hydroxyl groups excluding tert-OH is 1. The Hall–Kier alpha value is -1.78. The van der Waals surface area contributed by atoms with Crippen LogP contribution in [0.5, 0.6) is 11.5 Å². The van der Waals surface area contributed by atoms with Crippen LogP contribution < -0.4 is 9.47 Å². The lowest BCUT2D eigenvalue weighted by atomic mass is 10.0. The summed E-state index contributed by atoms with van der Waals surface area (Å²) in [5.74, 6) is 1.60. The fourth-order valence-electron chi connectivity index (χ4n) is 2.23. The highest BCUT2D eigenvalue weighted by Crippen LogP contribution is 2.36. The van der Waals surface area contributed by atoms with E-state index in [4.69, 9.17) is 14.2 Å². The fraction of sp³-hybridized carbons (Fsp3) is 0.375. The second kappa shape index (κ2) is 6.59. The first-order chi connectivity index (χ1) is 9.67. The Bertz CT molecular complexity index is 580. The largest absolute Gasteiger partial charge is 0.496 e. The van der Waals surface area contributed by atoms with Gasteiger partial charge in [-0.05, 0) is 18.6 Å². The molecule has 0 spiro atoms. The van der Waals surface area contributed by atoms with Crippen LogP contribution in [0, 0.1) is 6.92 Å². The van der Waals surface area contributed by atoms with Crippen LogP contribution in [0.3, 0.4) is 0 Å². The van der Waals surface area contributed by atoms with Crippen molar-refractivity contribution in [3.8, 4) is 11.5 Å². The molecule has 0 radical (unpaired) electrons. The molecule has 0 bridgehead atoms. The summed E-state index contributed by atoms with van der Waals surface area (Å²) in [6.45, 7) is 2.42. The molecule has 0 aliphatic carbocycles. The van der Waals surface area contributed by atoms with Crippen LogP contribution >= 0.6 is 0 Å². The van der Waals surface area contributed by atoms with Crippen molar-refractivity contribution in [1.29, 1.82) is 0 Å². The molecule has 0 saturated carbocycles. The van der Waals surface area contributed by atoms with E-state index in [0.29, 0.717) is 0 Å². The van der Waals surface area contributed by atoms with E-state index in [0.717, 1.165) is 27.8 Å². The molecule has 2 aromatic rings. The van der Waals surface area contributed by atoms with Crippen LogP contribution in [-0.2, 0) is 4.74 Å². The van der Waals surface area contributed by atoms with Gasteiger partial charge in [0.15, 0.2) is 0 Å². The van der Waals surface area contributed by atoms with Crippen molar-refractivity contribution in [1.82, 2.24) is 0 Å². The molecular formula is C16H20O4. The van der Waals surface area contributed by atoms with Gasteiger partial charge in [-0.25, -0.2) is 0 Å². The lowest BCUT2D eigenvalue weighted by Gasteiger charge is -2.17. The van der Waals surface area contributed by atoms with Crippen molar-refractivity contribution in [3.05, 3.63) is 35.9 Å². The van der Waals surface area contributed by atoms with Gasteiger partial charge < -0.3 is 19.3 Å². The van der Waals surface area contributed by atoms with Gasteiger partial charge in [0.05, 0.1) is 13.7 Å². The first-order valence-electron chi connectivity index (χ1n) is 6.53. The second-order valence-electron chi connectivity index (χ2n) is 4.69. The molecule has 1 unspecified atom stereocenters. The number of methoxy groups -OCH3 is 2. The molecule has 1 N–H and O–H groups in total. The predicted octanol–water partition coefficient (Wildman–Crippen LogP) is 2.54. The molecule has 2 aromatic carbocycles. The topological polar surface area (TPSA) is 47.9 Å². The lowest BCUT2D eigenvalue weighted by Crippen LogP contribution is -2.22. The molecule has 0 aliphatic heterocycles. The van der Waals surface area contributed by atoms with Crippen molar-refractivity contribution in [2.24, 2.45) is 0 Å². The average molecular weight is 276 g/mol. The number of hydrogen-bond acceptors (Lipinski definition) is 4. The minimum atomic E-state index is -0.639. The summed E-state index contributed by atoms with van der Waals surface area (Å²) in [6.07, 6.45) is -0.639. The van der Waals surface area contributed by atoms with Crippen molar-refractivity contribution >= 4 is 10.8 Å². The Kier molecular flexibility index (Phi) is 4.82. The molecule has 1 atom stereocenters. The Morgan fingerprint density at radius 1 is 1.10 bits per heavy atom. The van der Waals surface area contributed by atoms with E-state index in [-0.39, 0.29) is 13.2 Å². The zero-order chi connectivity index (χ0) is 14.5. The molecule has 108 valence electrons. The Morgan fingerprint density at radius 2 is 1.80 bits per heavy atom. The van der Waals surface area contributed by atoms with Crippen LogP contribution in [0.15, 0.2) is 30.3 Å². The molecule has 0 aliphatic rings. The molecule has 0 amide bonds. The molecular weight excluding hydrogens is 256 g/mol. The van der Waals surface area contributed by atoms with Gasteiger partial charge in [-0.15, -0.1) is 0 Å². The molecule has 4 nitrogen and oxygen atoms in total. The maximum atomic E-state index is 9.70. The molecule has 4 heteroatoms. The Balaban J connectivity index is 2.35. The van der Waals surface area contributed by atoms with Gasteiger partial charge >= 0.3 is 0 Å². The highest BCUT2D eigenvalue weighted by molar-refractivity contribution is 5.94. The average Bonchev–Trinajstić information content (AvgIpc) is 2.46. The van der Waals surface area contributed by atoms with E-state index in [1.54, 1.807) is 14.2 Å². The minimum Gasteiger partial charge on any atom is -0.496 e. The van der Waals surface area contributed by atoms with Gasteiger partial charge in [-0.2, -0.15) is 0 Å². The number of benzene rings is 2. The van der Waals surface area contributed by atoms with Gasteiger partial charge in [0.25, 0.3) is 0 Å². The van der Waals surface area contributed by atoms with Gasteiger partial charge in [0.2, 0.25) is 0 Å². The highest BCUT2D eigenvalue weighted by Gasteiger charge is 2.12. The predicted molar refractivity (Wildman–Crippen MR) is 78.6 cm³/mol. The van der Waals surface area contributed by atoms with E-state index < -0.39 is 6.10 Å². The van der Waals surface area contributed by atoms with Crippen LogP contribution in [0.2, 0.25) is 0 Å². The number of aliphatic hydroxyl groups is 1. The van der Waals surface area contributed by atoms with Crippen LogP contribution in [0.1, 0.15) is 5.56 Å². The molecule has 20 heavy (non-hydrogen) atoms. The third-order valence-corrected chi connectivity index (χ3v) is 3.14.